The first-order chi connectivity index (χ1) is 14.0. The van der Waals surface area contributed by atoms with Crippen LogP contribution in [0.2, 0.25) is 0 Å². The predicted octanol–water partition coefficient (Wildman–Crippen LogP) is 4.27. The van der Waals surface area contributed by atoms with E-state index < -0.39 is 15.6 Å². The molecule has 0 aliphatic carbocycles. The summed E-state index contributed by atoms with van der Waals surface area (Å²) in [6, 6.07) is 21.6. The molecule has 0 radical (unpaired) electrons. The maximum Gasteiger partial charge on any atom is 0.344 e. The lowest BCUT2D eigenvalue weighted by atomic mass is 10.1. The molecule has 0 aliphatic heterocycles. The van der Waals surface area contributed by atoms with Gasteiger partial charge in [-0.25, -0.2) is 13.2 Å². The molecular weight excluding hydrogens is 390 g/mol. The van der Waals surface area contributed by atoms with Gasteiger partial charge in [0, 0.05) is 11.1 Å². The lowest BCUT2D eigenvalue weighted by molar-refractivity contribution is 0.415. The quantitative estimate of drug-likeness (QED) is 0.500. The first-order valence-corrected chi connectivity index (χ1v) is 10.2. The maximum atomic E-state index is 12.6. The average molecular weight is 407 g/mol. The molecule has 0 aliphatic rings. The van der Waals surface area contributed by atoms with E-state index >= 15 is 0 Å². The van der Waals surface area contributed by atoms with Crippen molar-refractivity contribution in [1.29, 1.82) is 0 Å². The van der Waals surface area contributed by atoms with Crippen molar-refractivity contribution in [3.8, 4) is 16.9 Å². The van der Waals surface area contributed by atoms with Crippen LogP contribution in [0, 0.1) is 0 Å². The molecule has 0 spiro atoms. The van der Waals surface area contributed by atoms with E-state index in [4.69, 9.17) is 9.15 Å². The van der Waals surface area contributed by atoms with Gasteiger partial charge in [-0.05, 0) is 54.1 Å². The van der Waals surface area contributed by atoms with Crippen LogP contribution in [0.3, 0.4) is 0 Å². The normalized spacial score (nSPS) is 11.3. The van der Waals surface area contributed by atoms with E-state index in [1.807, 2.05) is 12.1 Å². The Hall–Kier alpha value is -3.58. The summed E-state index contributed by atoms with van der Waals surface area (Å²) >= 11 is 0. The first-order valence-electron chi connectivity index (χ1n) is 8.76. The van der Waals surface area contributed by atoms with Crippen LogP contribution in [0.4, 0.5) is 5.69 Å². The molecule has 29 heavy (non-hydrogen) atoms. The summed E-state index contributed by atoms with van der Waals surface area (Å²) in [5, 5.41) is 0.792. The van der Waals surface area contributed by atoms with E-state index in [1.54, 1.807) is 54.6 Å². The van der Waals surface area contributed by atoms with E-state index in [9.17, 15) is 13.2 Å². The average Bonchev–Trinajstić information content (AvgIpc) is 2.73. The number of methoxy groups -OCH3 is 1. The van der Waals surface area contributed by atoms with Crippen LogP contribution >= 0.6 is 0 Å². The number of anilines is 1. The highest BCUT2D eigenvalue weighted by atomic mass is 32.2. The van der Waals surface area contributed by atoms with Crippen molar-refractivity contribution in [1.82, 2.24) is 0 Å². The monoisotopic (exact) mass is 407 g/mol. The lowest BCUT2D eigenvalue weighted by Gasteiger charge is -2.09. The molecule has 4 aromatic rings. The Morgan fingerprint density at radius 3 is 2.28 bits per heavy atom. The first kappa shape index (κ1) is 18.8. The number of benzene rings is 3. The van der Waals surface area contributed by atoms with E-state index in [0.717, 1.165) is 5.39 Å². The molecule has 3 aromatic carbocycles. The van der Waals surface area contributed by atoms with Gasteiger partial charge in [-0.2, -0.15) is 0 Å². The van der Waals surface area contributed by atoms with Gasteiger partial charge in [0.2, 0.25) is 0 Å². The second-order valence-electron chi connectivity index (χ2n) is 6.34. The Morgan fingerprint density at radius 2 is 1.59 bits per heavy atom. The molecule has 4 rings (SSSR count). The number of nitrogens with one attached hydrogen (secondary N) is 1. The van der Waals surface area contributed by atoms with Crippen LogP contribution in [0.25, 0.3) is 22.1 Å². The van der Waals surface area contributed by atoms with Gasteiger partial charge in [0.1, 0.15) is 11.3 Å². The van der Waals surface area contributed by atoms with E-state index in [0.29, 0.717) is 28.1 Å². The van der Waals surface area contributed by atoms with Crippen molar-refractivity contribution >= 4 is 26.7 Å². The molecule has 0 unspecified atom stereocenters. The maximum absolute atomic E-state index is 12.6. The summed E-state index contributed by atoms with van der Waals surface area (Å²) in [6.07, 6.45) is 0. The summed E-state index contributed by atoms with van der Waals surface area (Å²) < 4.78 is 38.2. The number of fused-ring (bicyclic) bond motifs is 1. The number of hydrogen-bond donors (Lipinski definition) is 1. The Balaban J connectivity index is 1.63. The third kappa shape index (κ3) is 3.86. The molecule has 0 fully saturated rings. The minimum absolute atomic E-state index is 0.0854. The standard InChI is InChI=1S/C22H17NO5S/c1-27-18-10-8-17(9-11-18)23-29(25,26)19-12-6-15(7-13-19)20-14-16-4-2-3-5-21(16)28-22(20)24/h2-14,23H,1H3. The summed E-state index contributed by atoms with van der Waals surface area (Å²) in [5.74, 6) is 0.631. The zero-order chi connectivity index (χ0) is 20.4. The molecule has 1 aromatic heterocycles. The van der Waals surface area contributed by atoms with Crippen LogP contribution in [-0.4, -0.2) is 15.5 Å². The van der Waals surface area contributed by atoms with E-state index in [-0.39, 0.29) is 4.90 Å². The largest absolute Gasteiger partial charge is 0.497 e. The molecule has 0 saturated carbocycles. The highest BCUT2D eigenvalue weighted by molar-refractivity contribution is 7.92. The van der Waals surface area contributed by atoms with Gasteiger partial charge in [0.05, 0.1) is 17.6 Å². The Kier molecular flexibility index (Phi) is 4.82. The third-order valence-corrected chi connectivity index (χ3v) is 5.86. The van der Waals surface area contributed by atoms with Gasteiger partial charge in [0.25, 0.3) is 10.0 Å². The third-order valence-electron chi connectivity index (χ3n) is 4.46. The summed E-state index contributed by atoms with van der Waals surface area (Å²) in [5.41, 5.74) is 1.40. The van der Waals surface area contributed by atoms with Gasteiger partial charge in [0.15, 0.2) is 0 Å². The number of hydrogen-bond acceptors (Lipinski definition) is 5. The Labute approximate surface area is 167 Å². The highest BCUT2D eigenvalue weighted by Crippen LogP contribution is 2.24. The van der Waals surface area contributed by atoms with Gasteiger partial charge in [-0.1, -0.05) is 30.3 Å². The minimum Gasteiger partial charge on any atom is -0.497 e. The molecule has 1 N–H and O–H groups in total. The van der Waals surface area contributed by atoms with Gasteiger partial charge in [-0.15, -0.1) is 0 Å². The lowest BCUT2D eigenvalue weighted by Crippen LogP contribution is -2.13. The van der Waals surface area contributed by atoms with Crippen LogP contribution in [-0.2, 0) is 10.0 Å². The van der Waals surface area contributed by atoms with Crippen molar-refractivity contribution < 1.29 is 17.6 Å². The van der Waals surface area contributed by atoms with Crippen LogP contribution in [0.15, 0.2) is 93.0 Å². The molecule has 0 bridgehead atoms. The zero-order valence-electron chi connectivity index (χ0n) is 15.5. The van der Waals surface area contributed by atoms with Crippen LogP contribution in [0.5, 0.6) is 5.75 Å². The number of ether oxygens (including phenoxy) is 1. The molecule has 146 valence electrons. The highest BCUT2D eigenvalue weighted by Gasteiger charge is 2.15. The van der Waals surface area contributed by atoms with Crippen molar-refractivity contribution in [2.45, 2.75) is 4.90 Å². The van der Waals surface area contributed by atoms with E-state index in [1.165, 1.54) is 19.2 Å². The van der Waals surface area contributed by atoms with Gasteiger partial charge >= 0.3 is 5.63 Å². The molecule has 7 heteroatoms. The molecule has 0 amide bonds. The fourth-order valence-electron chi connectivity index (χ4n) is 2.95. The zero-order valence-corrected chi connectivity index (χ0v) is 16.3. The minimum atomic E-state index is -3.77. The Morgan fingerprint density at radius 1 is 0.897 bits per heavy atom. The van der Waals surface area contributed by atoms with Gasteiger partial charge < -0.3 is 9.15 Å². The fourth-order valence-corrected chi connectivity index (χ4v) is 4.01. The van der Waals surface area contributed by atoms with Crippen molar-refractivity contribution in [2.24, 2.45) is 0 Å². The molecule has 0 atom stereocenters. The Bertz CT molecular complexity index is 1320. The van der Waals surface area contributed by atoms with Crippen molar-refractivity contribution in [2.75, 3.05) is 11.8 Å². The van der Waals surface area contributed by atoms with E-state index in [2.05, 4.69) is 4.72 Å². The van der Waals surface area contributed by atoms with Gasteiger partial charge in [-0.3, -0.25) is 4.72 Å². The van der Waals surface area contributed by atoms with Crippen LogP contribution < -0.4 is 15.1 Å². The fraction of sp³-hybridized carbons (Fsp3) is 0.0455. The molecule has 1 heterocycles. The predicted molar refractivity (Wildman–Crippen MR) is 112 cm³/mol. The molecular formula is C22H17NO5S. The topological polar surface area (TPSA) is 85.6 Å². The second kappa shape index (κ2) is 7.44. The second-order valence-corrected chi connectivity index (χ2v) is 8.03. The number of sulfonamides is 1. The number of rotatable bonds is 5. The van der Waals surface area contributed by atoms with Crippen molar-refractivity contribution in [3.63, 3.8) is 0 Å². The summed E-state index contributed by atoms with van der Waals surface area (Å²) in [7, 11) is -2.23. The number of para-hydroxylation sites is 1. The molecule has 6 nitrogen and oxygen atoms in total. The SMILES string of the molecule is COc1ccc(NS(=O)(=O)c2ccc(-c3cc4ccccc4oc3=O)cc2)cc1. The molecule has 0 saturated heterocycles. The van der Waals surface area contributed by atoms with Crippen molar-refractivity contribution in [3.05, 3.63) is 89.3 Å². The summed E-state index contributed by atoms with van der Waals surface area (Å²) in [6.45, 7) is 0. The van der Waals surface area contributed by atoms with Crippen LogP contribution in [0.1, 0.15) is 0 Å². The smallest absolute Gasteiger partial charge is 0.344 e. The summed E-state index contributed by atoms with van der Waals surface area (Å²) in [4.78, 5) is 12.4.